The second-order valence-electron chi connectivity index (χ2n) is 16.1. The number of carbonyl (C=O) groups excluding carboxylic acids is 1. The molecule has 20 N–H and O–H groups in total. The third-order valence-electron chi connectivity index (χ3n) is 9.44. The van der Waals surface area contributed by atoms with Crippen molar-refractivity contribution < 1.29 is 133 Å². The highest BCUT2D eigenvalue weighted by molar-refractivity contribution is 7.67. The van der Waals surface area contributed by atoms with Crippen molar-refractivity contribution in [3.63, 3.8) is 0 Å². The van der Waals surface area contributed by atoms with Crippen LogP contribution in [-0.2, 0) is 81.0 Å². The van der Waals surface area contributed by atoms with Crippen LogP contribution >= 0.6 is 46.9 Å². The molecule has 2 fully saturated rings. The normalized spacial score (nSPS) is 24.5. The Balaban J connectivity index is 0.000000753. The minimum atomic E-state index is -5.80. The Labute approximate surface area is 432 Å². The molecule has 2 saturated heterocycles. The summed E-state index contributed by atoms with van der Waals surface area (Å²) >= 11 is 0. The summed E-state index contributed by atoms with van der Waals surface area (Å²) in [6, 6.07) is 0. The molecular formula is C32H59N7O32P6. The molecule has 4 heterocycles. The van der Waals surface area contributed by atoms with Gasteiger partial charge in [0.15, 0.2) is 12.5 Å². The smallest absolute Gasteiger partial charge is 0.412 e. The zero-order valence-corrected chi connectivity index (χ0v) is 45.9. The third kappa shape index (κ3) is 23.4. The summed E-state index contributed by atoms with van der Waals surface area (Å²) in [5.41, 5.74) is -1.70. The highest BCUT2D eigenvalue weighted by atomic mass is 31.3. The number of carbonyl (C=O) groups is 1. The van der Waals surface area contributed by atoms with Gasteiger partial charge in [0.05, 0.1) is 25.3 Å². The fourth-order valence-electron chi connectivity index (χ4n) is 6.09. The molecule has 2 aromatic heterocycles. The third-order valence-corrected chi connectivity index (χ3v) is 17.0. The zero-order valence-electron chi connectivity index (χ0n) is 40.5. The van der Waals surface area contributed by atoms with Crippen molar-refractivity contribution in [2.45, 2.75) is 96.8 Å². The van der Waals surface area contributed by atoms with E-state index in [-0.39, 0.29) is 48.3 Å². The standard InChI is InChI=1S/C17H28N3O16P3.C15H26N3O15P3.H3N.H2O/c1-9(2)4-5-19(10(3)21)6-11-7-20(17(25)18-15(11)24)16-14(23)13(22)12(34-16)8-33-38(29,30)36-39(31,32)35-37(26,27)28;1-8(2)3-4-16-5-9-6-18(15(22)17-13(9)21)14-12(20)11(19)10(31-14)7-30-35(26,27)33-36(28,29)32-34(23,24)25;;/h4,7,12-14,16,22-23H,5-6,8H2,1-3H3,(H,29,30)(H,31,32)(H,18,24,25)(H2,26,27,28);3,6,10-12,14,16,19-20H,4-5,7H2,1-2H3,(H,26,27)(H,28,29)(H,17,21,22)(H2,23,24,25);1H3;1H2/t12-,13?,14+,16-;10-,11?,12+,14-;;/m11../s1. The number of hydrogen-bond acceptors (Lipinski definition) is 25. The first-order valence-corrected chi connectivity index (χ1v) is 29.7. The van der Waals surface area contributed by atoms with E-state index < -0.39 is 132 Å². The van der Waals surface area contributed by atoms with E-state index >= 15 is 0 Å². The molecule has 0 aromatic carbocycles. The van der Waals surface area contributed by atoms with Crippen LogP contribution in [0.25, 0.3) is 0 Å². The lowest BCUT2D eigenvalue weighted by atomic mass is 10.1. The summed E-state index contributed by atoms with van der Waals surface area (Å²) in [4.78, 5) is 138. The molecule has 77 heavy (non-hydrogen) atoms. The van der Waals surface area contributed by atoms with E-state index in [4.69, 9.17) is 33.9 Å². The fraction of sp³-hybridized carbons (Fsp3) is 0.594. The van der Waals surface area contributed by atoms with Crippen molar-refractivity contribution in [1.82, 2.24) is 35.5 Å². The van der Waals surface area contributed by atoms with Gasteiger partial charge in [-0.3, -0.25) is 42.5 Å². The number of nitrogens with one attached hydrogen (secondary N) is 3. The highest BCUT2D eigenvalue weighted by Gasteiger charge is 2.49. The van der Waals surface area contributed by atoms with Crippen LogP contribution in [0.4, 0.5) is 0 Å². The maximum atomic E-state index is 12.4. The number of phosphoric acid groups is 6. The van der Waals surface area contributed by atoms with Crippen LogP contribution in [0.1, 0.15) is 58.2 Å². The van der Waals surface area contributed by atoms with Crippen LogP contribution in [-0.4, -0.2) is 158 Å². The number of phosphoric ester groups is 2. The van der Waals surface area contributed by atoms with E-state index in [9.17, 15) is 86.5 Å². The summed E-state index contributed by atoms with van der Waals surface area (Å²) in [6.45, 7) is 6.81. The zero-order chi connectivity index (χ0) is 57.4. The van der Waals surface area contributed by atoms with Gasteiger partial charge in [-0.1, -0.05) is 23.3 Å². The van der Waals surface area contributed by atoms with Crippen molar-refractivity contribution in [2.24, 2.45) is 0 Å². The lowest BCUT2D eigenvalue weighted by molar-refractivity contribution is -0.128. The predicted octanol–water partition coefficient (Wildman–Crippen LogP) is -3.29. The van der Waals surface area contributed by atoms with E-state index in [2.05, 4.69) is 31.6 Å². The van der Waals surface area contributed by atoms with Crippen molar-refractivity contribution in [3.8, 4) is 0 Å². The number of aliphatic hydroxyl groups excluding tert-OH is 4. The van der Waals surface area contributed by atoms with Gasteiger partial charge in [0, 0.05) is 44.5 Å². The quantitative estimate of drug-likeness (QED) is 0.0278. The summed E-state index contributed by atoms with van der Waals surface area (Å²) < 4.78 is 103. The summed E-state index contributed by atoms with van der Waals surface area (Å²) in [5.74, 6) is -0.385. The topological polar surface area (TPSA) is 628 Å². The molecule has 39 nitrogen and oxygen atoms in total. The van der Waals surface area contributed by atoms with E-state index in [0.717, 1.165) is 28.1 Å². The van der Waals surface area contributed by atoms with E-state index in [1.807, 2.05) is 29.9 Å². The van der Waals surface area contributed by atoms with Gasteiger partial charge in [-0.25, -0.2) is 37.0 Å². The Morgan fingerprint density at radius 1 is 0.623 bits per heavy atom. The number of amides is 1. The molecule has 444 valence electrons. The van der Waals surface area contributed by atoms with Crippen LogP contribution in [0.3, 0.4) is 0 Å². The molecule has 2 aliphatic rings. The van der Waals surface area contributed by atoms with Gasteiger partial charge >= 0.3 is 58.3 Å². The van der Waals surface area contributed by atoms with Crippen LogP contribution in [0, 0.1) is 0 Å². The molecule has 12 atom stereocenters. The van der Waals surface area contributed by atoms with Gasteiger partial charge in [0.1, 0.15) is 36.6 Å². The molecule has 45 heteroatoms. The molecule has 0 spiro atoms. The first-order valence-electron chi connectivity index (χ1n) is 20.6. The van der Waals surface area contributed by atoms with Gasteiger partial charge in [0.25, 0.3) is 11.1 Å². The van der Waals surface area contributed by atoms with Gasteiger partial charge in [-0.2, -0.15) is 17.2 Å². The maximum Gasteiger partial charge on any atom is 0.490 e. The number of nitrogens with zero attached hydrogens (tertiary/aromatic N) is 3. The lowest BCUT2D eigenvalue weighted by Crippen LogP contribution is -2.40. The van der Waals surface area contributed by atoms with E-state index in [1.54, 1.807) is 19.9 Å². The molecule has 2 aromatic rings. The number of aromatic amines is 2. The van der Waals surface area contributed by atoms with Gasteiger partial charge < -0.3 is 90.9 Å². The van der Waals surface area contributed by atoms with Crippen LogP contribution < -0.4 is 34.0 Å². The van der Waals surface area contributed by atoms with Crippen molar-refractivity contribution >= 4 is 52.8 Å². The lowest BCUT2D eigenvalue weighted by Gasteiger charge is -2.21. The second kappa shape index (κ2) is 29.0. The summed E-state index contributed by atoms with van der Waals surface area (Å²) in [6.07, 6.45) is -8.24. The molecule has 1 amide bonds. The monoisotopic (exact) mass is 1240 g/mol. The number of aliphatic hydroxyl groups is 4. The average Bonchev–Trinajstić information content (AvgIpc) is 3.66. The van der Waals surface area contributed by atoms with E-state index in [0.29, 0.717) is 11.1 Å². The number of ether oxygens (including phenoxy) is 2. The first-order chi connectivity index (χ1) is 34.1. The molecule has 0 aliphatic carbocycles. The summed E-state index contributed by atoms with van der Waals surface area (Å²) in [5, 5.41) is 44.2. The fourth-order valence-corrected chi connectivity index (χ4v) is 12.2. The Hall–Kier alpha value is -3.23. The summed E-state index contributed by atoms with van der Waals surface area (Å²) in [7, 11) is -33.8. The predicted molar refractivity (Wildman–Crippen MR) is 254 cm³/mol. The molecule has 0 bridgehead atoms. The Morgan fingerprint density at radius 2 is 1.00 bits per heavy atom. The van der Waals surface area contributed by atoms with Crippen LogP contribution in [0.15, 0.2) is 54.9 Å². The minimum Gasteiger partial charge on any atom is -0.412 e. The second-order valence-corrected chi connectivity index (χ2v) is 24.9. The molecule has 2 aliphatic heterocycles. The minimum absolute atomic E-state index is 0. The Morgan fingerprint density at radius 3 is 1.36 bits per heavy atom. The number of aromatic nitrogens is 4. The number of allylic oxidation sites excluding steroid dienone is 2. The van der Waals surface area contributed by atoms with Crippen molar-refractivity contribution in [3.05, 3.63) is 88.5 Å². The van der Waals surface area contributed by atoms with Crippen molar-refractivity contribution in [2.75, 3.05) is 26.3 Å². The molecule has 0 saturated carbocycles. The highest BCUT2D eigenvalue weighted by Crippen LogP contribution is 2.67. The van der Waals surface area contributed by atoms with Gasteiger partial charge in [-0.15, -0.1) is 0 Å². The Bertz CT molecular complexity index is 2960. The van der Waals surface area contributed by atoms with Crippen molar-refractivity contribution in [1.29, 1.82) is 0 Å². The van der Waals surface area contributed by atoms with E-state index in [1.165, 1.54) is 11.8 Å². The van der Waals surface area contributed by atoms with Crippen LogP contribution in [0.2, 0.25) is 0 Å². The molecule has 6 unspecified atom stereocenters. The maximum absolute atomic E-state index is 12.4. The molecule has 4 rings (SSSR count). The Kier molecular flexibility index (Phi) is 27.0. The number of H-pyrrole nitrogens is 2. The van der Waals surface area contributed by atoms with Gasteiger partial charge in [-0.05, 0) is 27.7 Å². The number of rotatable bonds is 24. The first kappa shape index (κ1) is 71.8. The van der Waals surface area contributed by atoms with Gasteiger partial charge in [0.2, 0.25) is 5.91 Å². The number of hydrogen-bond donors (Lipinski definition) is 16. The SMILES string of the molecule is CC(=O)N(CC=C(C)C)Cc1cn([C@@H]2O[C@H](COP(=O)(O)OP(=O)(O)OP(=O)(O)O)C(O)[C@@H]2O)c(=O)[nH]c1=O.CC(C)=CCNCc1cn([C@@H]2O[C@H](COP(=O)(O)OP(=O)(O)OP(=O)(O)O)C(O)[C@@H]2O)c(=O)[nH]c1=O.N.O. The molecular weight excluding hydrogens is 1180 g/mol. The largest absolute Gasteiger partial charge is 0.490 e. The van der Waals surface area contributed by atoms with Crippen LogP contribution in [0.5, 0.6) is 0 Å². The molecule has 0 radical (unpaired) electrons. The average molecular weight is 1240 g/mol.